The number of methoxy groups -OCH3 is 1. The van der Waals surface area contributed by atoms with E-state index < -0.39 is 0 Å². The number of ether oxygens (including phenoxy) is 1. The topological polar surface area (TPSA) is 63.0 Å². The summed E-state index contributed by atoms with van der Waals surface area (Å²) >= 11 is 12.6. The molecule has 0 saturated carbocycles. The number of thiocarbonyl (C=S) groups is 1. The van der Waals surface area contributed by atoms with Crippen LogP contribution in [-0.4, -0.2) is 41.0 Å². The third-order valence-corrected chi connectivity index (χ3v) is 3.47. The number of fused-ring (bicyclic) bond motifs is 1. The first-order valence-corrected chi connectivity index (χ1v) is 7.06. The first-order valence-electron chi connectivity index (χ1n) is 5.39. The standard InChI is InChI=1S/C10H12ClN5OS2/c1-17-4-2-12-9(18)15-13-6-7-8(11)14-10-16(7)3-5-19-10/h3,5-6H,2,4H2,1H3,(H2,12,15,18)/b13-6-. The van der Waals surface area contributed by atoms with E-state index in [4.69, 9.17) is 28.6 Å². The summed E-state index contributed by atoms with van der Waals surface area (Å²) in [5, 5.41) is 9.73. The van der Waals surface area contributed by atoms with Gasteiger partial charge in [0, 0.05) is 25.2 Å². The number of hydrogen-bond acceptors (Lipinski definition) is 5. The van der Waals surface area contributed by atoms with Crippen LogP contribution >= 0.6 is 35.2 Å². The van der Waals surface area contributed by atoms with Crippen molar-refractivity contribution in [3.05, 3.63) is 22.4 Å². The smallest absolute Gasteiger partial charge is 0.195 e. The van der Waals surface area contributed by atoms with E-state index in [1.54, 1.807) is 13.3 Å². The molecule has 0 amide bonds. The SMILES string of the molecule is COCCNC(=S)N/N=C\c1c(Cl)nc2sccn12. The summed E-state index contributed by atoms with van der Waals surface area (Å²) in [4.78, 5) is 5.02. The maximum Gasteiger partial charge on any atom is 0.195 e. The van der Waals surface area contributed by atoms with Gasteiger partial charge in [0.25, 0.3) is 0 Å². The highest BCUT2D eigenvalue weighted by Crippen LogP contribution is 2.19. The average molecular weight is 318 g/mol. The highest BCUT2D eigenvalue weighted by molar-refractivity contribution is 7.80. The molecule has 0 aromatic carbocycles. The van der Waals surface area contributed by atoms with Crippen LogP contribution in [0.2, 0.25) is 5.15 Å². The fourth-order valence-corrected chi connectivity index (χ4v) is 2.50. The Morgan fingerprint density at radius 2 is 2.58 bits per heavy atom. The molecule has 0 spiro atoms. The monoisotopic (exact) mass is 317 g/mol. The van der Waals surface area contributed by atoms with Crippen molar-refractivity contribution < 1.29 is 4.74 Å². The number of halogens is 1. The van der Waals surface area contributed by atoms with Crippen molar-refractivity contribution in [2.24, 2.45) is 5.10 Å². The Labute approximate surface area is 124 Å². The molecule has 2 aromatic heterocycles. The van der Waals surface area contributed by atoms with Gasteiger partial charge in [-0.25, -0.2) is 4.98 Å². The lowest BCUT2D eigenvalue weighted by Crippen LogP contribution is -2.34. The molecule has 2 heterocycles. The number of nitrogens with one attached hydrogen (secondary N) is 2. The zero-order chi connectivity index (χ0) is 13.7. The van der Waals surface area contributed by atoms with Crippen LogP contribution in [0, 0.1) is 0 Å². The van der Waals surface area contributed by atoms with E-state index in [0.29, 0.717) is 29.1 Å². The maximum absolute atomic E-state index is 6.02. The largest absolute Gasteiger partial charge is 0.383 e. The maximum atomic E-state index is 6.02. The third-order valence-electron chi connectivity index (χ3n) is 2.20. The summed E-state index contributed by atoms with van der Waals surface area (Å²) in [6, 6.07) is 0. The van der Waals surface area contributed by atoms with Crippen molar-refractivity contribution in [2.45, 2.75) is 0 Å². The van der Waals surface area contributed by atoms with Crippen LogP contribution in [0.15, 0.2) is 16.7 Å². The van der Waals surface area contributed by atoms with Crippen molar-refractivity contribution in [3.8, 4) is 0 Å². The van der Waals surface area contributed by atoms with Gasteiger partial charge in [0.15, 0.2) is 15.2 Å². The number of hydrogen-bond donors (Lipinski definition) is 2. The molecule has 6 nitrogen and oxygen atoms in total. The molecule has 0 saturated heterocycles. The highest BCUT2D eigenvalue weighted by Gasteiger charge is 2.08. The van der Waals surface area contributed by atoms with Crippen molar-refractivity contribution in [1.82, 2.24) is 20.1 Å². The van der Waals surface area contributed by atoms with Crippen molar-refractivity contribution in [3.63, 3.8) is 0 Å². The van der Waals surface area contributed by atoms with Gasteiger partial charge in [-0.2, -0.15) is 5.10 Å². The van der Waals surface area contributed by atoms with Crippen LogP contribution in [0.3, 0.4) is 0 Å². The van der Waals surface area contributed by atoms with Crippen LogP contribution in [0.1, 0.15) is 5.69 Å². The molecule has 0 aliphatic rings. The molecule has 2 rings (SSSR count). The molecule has 0 radical (unpaired) electrons. The van der Waals surface area contributed by atoms with E-state index in [9.17, 15) is 0 Å². The van der Waals surface area contributed by atoms with Crippen molar-refractivity contribution in [2.75, 3.05) is 20.3 Å². The van der Waals surface area contributed by atoms with Crippen LogP contribution in [0.5, 0.6) is 0 Å². The van der Waals surface area contributed by atoms with E-state index in [2.05, 4.69) is 20.8 Å². The molecule has 0 unspecified atom stereocenters. The van der Waals surface area contributed by atoms with Crippen LogP contribution < -0.4 is 10.7 Å². The van der Waals surface area contributed by atoms with E-state index in [0.717, 1.165) is 4.96 Å². The molecule has 102 valence electrons. The number of nitrogens with zero attached hydrogens (tertiary/aromatic N) is 3. The van der Waals surface area contributed by atoms with Crippen LogP contribution in [0.25, 0.3) is 4.96 Å². The Bertz CT molecular complexity index is 594. The normalized spacial score (nSPS) is 11.3. The lowest BCUT2D eigenvalue weighted by atomic mass is 10.5. The second-order valence-electron chi connectivity index (χ2n) is 3.46. The molecule has 0 aliphatic heterocycles. The second-order valence-corrected chi connectivity index (χ2v) is 5.10. The lowest BCUT2D eigenvalue weighted by molar-refractivity contribution is 0.204. The zero-order valence-corrected chi connectivity index (χ0v) is 12.5. The Morgan fingerprint density at radius 3 is 3.37 bits per heavy atom. The first kappa shape index (κ1) is 14.2. The Morgan fingerprint density at radius 1 is 1.74 bits per heavy atom. The minimum Gasteiger partial charge on any atom is -0.383 e. The van der Waals surface area contributed by atoms with Gasteiger partial charge < -0.3 is 10.1 Å². The van der Waals surface area contributed by atoms with Gasteiger partial charge in [-0.15, -0.1) is 11.3 Å². The Hall–Kier alpha value is -1.22. The minimum atomic E-state index is 0.413. The average Bonchev–Trinajstić information content (AvgIpc) is 2.92. The Kier molecular flexibility index (Phi) is 5.08. The minimum absolute atomic E-state index is 0.413. The number of thiazole rings is 1. The molecular formula is C10H12ClN5OS2. The highest BCUT2D eigenvalue weighted by atomic mass is 35.5. The molecule has 0 bridgehead atoms. The summed E-state index contributed by atoms with van der Waals surface area (Å²) in [5.41, 5.74) is 3.41. The third kappa shape index (κ3) is 3.63. The fraction of sp³-hybridized carbons (Fsp3) is 0.300. The van der Waals surface area contributed by atoms with Gasteiger partial charge in [0.05, 0.1) is 12.8 Å². The number of rotatable bonds is 5. The second kappa shape index (κ2) is 6.80. The molecule has 0 aliphatic carbocycles. The molecule has 9 heteroatoms. The molecule has 0 atom stereocenters. The molecule has 0 fully saturated rings. The molecular weight excluding hydrogens is 306 g/mol. The number of hydrazone groups is 1. The quantitative estimate of drug-likeness (QED) is 0.379. The van der Waals surface area contributed by atoms with Gasteiger partial charge in [-0.05, 0) is 12.2 Å². The lowest BCUT2D eigenvalue weighted by Gasteiger charge is -2.05. The molecule has 2 aromatic rings. The van der Waals surface area contributed by atoms with Gasteiger partial charge >= 0.3 is 0 Å². The fourth-order valence-electron chi connectivity index (χ4n) is 1.35. The summed E-state index contributed by atoms with van der Waals surface area (Å²) in [7, 11) is 1.63. The molecule has 2 N–H and O–H groups in total. The predicted molar refractivity (Wildman–Crippen MR) is 81.3 cm³/mol. The number of imidazole rings is 1. The number of aromatic nitrogens is 2. The predicted octanol–water partition coefficient (Wildman–Crippen LogP) is 1.49. The summed E-state index contributed by atoms with van der Waals surface area (Å²) in [5.74, 6) is 0. The van der Waals surface area contributed by atoms with Gasteiger partial charge in [-0.3, -0.25) is 9.83 Å². The first-order chi connectivity index (χ1) is 9.22. The summed E-state index contributed by atoms with van der Waals surface area (Å²) < 4.78 is 6.76. The van der Waals surface area contributed by atoms with Crippen molar-refractivity contribution >= 4 is 51.4 Å². The van der Waals surface area contributed by atoms with Gasteiger partial charge in [-0.1, -0.05) is 11.6 Å². The van der Waals surface area contributed by atoms with Gasteiger partial charge in [0.1, 0.15) is 5.69 Å². The summed E-state index contributed by atoms with van der Waals surface area (Å²) in [6.07, 6.45) is 3.47. The van der Waals surface area contributed by atoms with Crippen LogP contribution in [0.4, 0.5) is 0 Å². The Balaban J connectivity index is 1.93. The van der Waals surface area contributed by atoms with E-state index in [-0.39, 0.29) is 0 Å². The van der Waals surface area contributed by atoms with Crippen LogP contribution in [-0.2, 0) is 4.74 Å². The summed E-state index contributed by atoms with van der Waals surface area (Å²) in [6.45, 7) is 1.20. The van der Waals surface area contributed by atoms with Crippen molar-refractivity contribution in [1.29, 1.82) is 0 Å². The molecule has 19 heavy (non-hydrogen) atoms. The van der Waals surface area contributed by atoms with E-state index in [1.807, 2.05) is 16.0 Å². The van der Waals surface area contributed by atoms with Gasteiger partial charge in [0.2, 0.25) is 0 Å². The van der Waals surface area contributed by atoms with E-state index >= 15 is 0 Å². The van der Waals surface area contributed by atoms with E-state index in [1.165, 1.54) is 11.3 Å². The zero-order valence-electron chi connectivity index (χ0n) is 10.1.